The van der Waals surface area contributed by atoms with Gasteiger partial charge in [-0.1, -0.05) is 12.1 Å². The van der Waals surface area contributed by atoms with E-state index >= 15 is 0 Å². The molecule has 0 saturated carbocycles. The lowest BCUT2D eigenvalue weighted by Crippen LogP contribution is -2.48. The van der Waals surface area contributed by atoms with Gasteiger partial charge in [0.25, 0.3) is 0 Å². The number of benzene rings is 2. The van der Waals surface area contributed by atoms with Crippen LogP contribution in [-0.4, -0.2) is 50.7 Å². The molecule has 0 aromatic heterocycles. The van der Waals surface area contributed by atoms with Gasteiger partial charge in [0.05, 0.1) is 10.6 Å². The van der Waals surface area contributed by atoms with Crippen LogP contribution in [0.3, 0.4) is 0 Å². The molecule has 0 N–H and O–H groups in total. The van der Waals surface area contributed by atoms with Crippen molar-refractivity contribution >= 4 is 33.2 Å². The van der Waals surface area contributed by atoms with Gasteiger partial charge in [-0.25, -0.2) is 8.42 Å². The molecule has 4 rings (SSSR count). The Hall–Kier alpha value is -2.71. The van der Waals surface area contributed by atoms with Crippen LogP contribution in [0.25, 0.3) is 0 Å². The zero-order valence-corrected chi connectivity index (χ0v) is 17.1. The molecule has 29 heavy (non-hydrogen) atoms. The van der Waals surface area contributed by atoms with Gasteiger partial charge in [0, 0.05) is 44.7 Å². The maximum absolute atomic E-state index is 13.0. The summed E-state index contributed by atoms with van der Waals surface area (Å²) in [5.74, 6) is -0.504. The van der Waals surface area contributed by atoms with E-state index in [4.69, 9.17) is 0 Å². The van der Waals surface area contributed by atoms with Gasteiger partial charge in [0.15, 0.2) is 0 Å². The summed E-state index contributed by atoms with van der Waals surface area (Å²) in [5.41, 5.74) is 2.69. The van der Waals surface area contributed by atoms with E-state index in [1.165, 1.54) is 34.1 Å². The van der Waals surface area contributed by atoms with Gasteiger partial charge in [-0.3, -0.25) is 14.5 Å². The Labute approximate surface area is 170 Å². The van der Waals surface area contributed by atoms with Gasteiger partial charge in [0.2, 0.25) is 21.8 Å². The summed E-state index contributed by atoms with van der Waals surface area (Å²) in [6.45, 7) is 4.09. The Balaban J connectivity index is 1.46. The van der Waals surface area contributed by atoms with E-state index < -0.39 is 10.0 Å². The quantitative estimate of drug-likeness (QED) is 0.718. The van der Waals surface area contributed by atoms with Crippen molar-refractivity contribution in [3.05, 3.63) is 54.1 Å². The molecular formula is C21H23N3O4S. The van der Waals surface area contributed by atoms with E-state index in [0.29, 0.717) is 31.9 Å². The van der Waals surface area contributed by atoms with Gasteiger partial charge >= 0.3 is 0 Å². The molecule has 2 aliphatic heterocycles. The number of sulfonamides is 1. The van der Waals surface area contributed by atoms with Crippen molar-refractivity contribution < 1.29 is 18.0 Å². The lowest BCUT2D eigenvalue weighted by Gasteiger charge is -2.35. The summed E-state index contributed by atoms with van der Waals surface area (Å²) in [7, 11) is -3.62. The van der Waals surface area contributed by atoms with E-state index in [1.54, 1.807) is 0 Å². The Morgan fingerprint density at radius 3 is 2.00 bits per heavy atom. The highest BCUT2D eigenvalue weighted by atomic mass is 32.2. The number of rotatable bonds is 4. The van der Waals surface area contributed by atoms with E-state index in [9.17, 15) is 18.0 Å². The number of piperazine rings is 1. The van der Waals surface area contributed by atoms with Gasteiger partial charge < -0.3 is 4.90 Å². The first-order valence-corrected chi connectivity index (χ1v) is 11.1. The minimum absolute atomic E-state index is 0.171. The maximum Gasteiger partial charge on any atom is 0.243 e. The standard InChI is InChI=1S/C21H23N3O4S/c1-16-3-2-4-18(15-16)22-11-13-23(14-12-22)29(27,28)19-7-5-17(6-8-19)24-20(25)9-10-21(24)26/h2-8,15H,9-14H2,1H3. The Bertz CT molecular complexity index is 1030. The number of nitrogens with zero attached hydrogens (tertiary/aromatic N) is 3. The molecular weight excluding hydrogens is 390 g/mol. The third-order valence-corrected chi connectivity index (χ3v) is 7.30. The van der Waals surface area contributed by atoms with E-state index in [1.807, 2.05) is 25.1 Å². The van der Waals surface area contributed by atoms with Crippen molar-refractivity contribution in [2.45, 2.75) is 24.7 Å². The van der Waals surface area contributed by atoms with Crippen molar-refractivity contribution in [2.24, 2.45) is 0 Å². The van der Waals surface area contributed by atoms with E-state index in [0.717, 1.165) is 10.6 Å². The van der Waals surface area contributed by atoms with Gasteiger partial charge in [0.1, 0.15) is 0 Å². The van der Waals surface area contributed by atoms with Crippen LogP contribution in [0, 0.1) is 6.92 Å². The fourth-order valence-corrected chi connectivity index (χ4v) is 5.21. The number of imide groups is 1. The molecule has 2 aliphatic rings. The summed E-state index contributed by atoms with van der Waals surface area (Å²) in [6.07, 6.45) is 0.397. The molecule has 0 atom stereocenters. The predicted octanol–water partition coefficient (Wildman–Crippen LogP) is 2.16. The average Bonchev–Trinajstić information content (AvgIpc) is 3.06. The van der Waals surface area contributed by atoms with Crippen LogP contribution in [-0.2, 0) is 19.6 Å². The van der Waals surface area contributed by atoms with E-state index in [-0.39, 0.29) is 29.6 Å². The fourth-order valence-electron chi connectivity index (χ4n) is 3.79. The molecule has 2 amide bonds. The highest BCUT2D eigenvalue weighted by Gasteiger charge is 2.32. The van der Waals surface area contributed by atoms with Crippen LogP contribution in [0.5, 0.6) is 0 Å². The molecule has 7 nitrogen and oxygen atoms in total. The van der Waals surface area contributed by atoms with E-state index in [2.05, 4.69) is 11.0 Å². The summed E-state index contributed by atoms with van der Waals surface area (Å²) < 4.78 is 27.5. The number of anilines is 2. The number of hydrogen-bond donors (Lipinski definition) is 0. The molecule has 2 aromatic carbocycles. The van der Waals surface area contributed by atoms with Gasteiger partial charge in [-0.2, -0.15) is 4.31 Å². The first kappa shape index (κ1) is 19.6. The molecule has 0 radical (unpaired) electrons. The predicted molar refractivity (Wildman–Crippen MR) is 110 cm³/mol. The Kier molecular flexibility index (Phi) is 5.14. The number of hydrogen-bond acceptors (Lipinski definition) is 5. The zero-order chi connectivity index (χ0) is 20.6. The molecule has 0 bridgehead atoms. The summed E-state index contributed by atoms with van der Waals surface area (Å²) in [4.78, 5) is 27.2. The fraction of sp³-hybridized carbons (Fsp3) is 0.333. The molecule has 0 unspecified atom stereocenters. The first-order valence-electron chi connectivity index (χ1n) is 9.64. The van der Waals surface area contributed by atoms with Crippen LogP contribution in [0.15, 0.2) is 53.4 Å². The molecule has 2 saturated heterocycles. The molecule has 2 fully saturated rings. The summed E-state index contributed by atoms with van der Waals surface area (Å²) in [5, 5.41) is 0. The number of carbonyl (C=O) groups excluding carboxylic acids is 2. The summed E-state index contributed by atoms with van der Waals surface area (Å²) in [6, 6.07) is 14.2. The highest BCUT2D eigenvalue weighted by molar-refractivity contribution is 7.89. The van der Waals surface area contributed by atoms with Crippen LogP contribution in [0.2, 0.25) is 0 Å². The lowest BCUT2D eigenvalue weighted by molar-refractivity contribution is -0.121. The minimum Gasteiger partial charge on any atom is -0.369 e. The van der Waals surface area contributed by atoms with Gasteiger partial charge in [-0.15, -0.1) is 0 Å². The smallest absolute Gasteiger partial charge is 0.243 e. The van der Waals surface area contributed by atoms with Crippen LogP contribution < -0.4 is 9.80 Å². The molecule has 152 valence electrons. The maximum atomic E-state index is 13.0. The number of carbonyl (C=O) groups is 2. The molecule has 2 heterocycles. The largest absolute Gasteiger partial charge is 0.369 e. The van der Waals surface area contributed by atoms with Crippen molar-refractivity contribution in [1.29, 1.82) is 0 Å². The first-order chi connectivity index (χ1) is 13.9. The van der Waals surface area contributed by atoms with Crippen LogP contribution >= 0.6 is 0 Å². The molecule has 0 spiro atoms. The lowest BCUT2D eigenvalue weighted by atomic mass is 10.2. The van der Waals surface area contributed by atoms with Crippen molar-refractivity contribution in [3.63, 3.8) is 0 Å². The van der Waals surface area contributed by atoms with Crippen LogP contribution in [0.1, 0.15) is 18.4 Å². The second-order valence-electron chi connectivity index (χ2n) is 7.35. The molecule has 0 aliphatic carbocycles. The second-order valence-corrected chi connectivity index (χ2v) is 9.28. The molecule has 2 aromatic rings. The normalized spacial score (nSPS) is 18.5. The Morgan fingerprint density at radius 1 is 0.793 bits per heavy atom. The topological polar surface area (TPSA) is 78.0 Å². The van der Waals surface area contributed by atoms with Crippen molar-refractivity contribution in [1.82, 2.24) is 4.31 Å². The van der Waals surface area contributed by atoms with Crippen molar-refractivity contribution in [3.8, 4) is 0 Å². The third kappa shape index (κ3) is 3.77. The van der Waals surface area contributed by atoms with Crippen LogP contribution in [0.4, 0.5) is 11.4 Å². The zero-order valence-electron chi connectivity index (χ0n) is 16.2. The second kappa shape index (κ2) is 7.61. The SMILES string of the molecule is Cc1cccc(N2CCN(S(=O)(=O)c3ccc(N4C(=O)CCC4=O)cc3)CC2)c1. The third-order valence-electron chi connectivity index (χ3n) is 5.39. The number of amides is 2. The summed E-state index contributed by atoms with van der Waals surface area (Å²) >= 11 is 0. The Morgan fingerprint density at radius 2 is 1.41 bits per heavy atom. The monoisotopic (exact) mass is 413 g/mol. The highest BCUT2D eigenvalue weighted by Crippen LogP contribution is 2.26. The van der Waals surface area contributed by atoms with Crippen molar-refractivity contribution in [2.75, 3.05) is 36.0 Å². The number of aryl methyl sites for hydroxylation is 1. The van der Waals surface area contributed by atoms with Gasteiger partial charge in [-0.05, 0) is 48.9 Å². The average molecular weight is 413 g/mol. The minimum atomic E-state index is -3.62. The molecule has 8 heteroatoms.